The zero-order chi connectivity index (χ0) is 10.3. The smallest absolute Gasteiger partial charge is 0.214 e. The lowest BCUT2D eigenvalue weighted by molar-refractivity contribution is 0.199. The first kappa shape index (κ1) is 12.9. The third-order valence-electron chi connectivity index (χ3n) is 1.85. The largest absolute Gasteiger partial charge is 0.385 e. The number of rotatable bonds is 7. The van der Waals surface area contributed by atoms with Gasteiger partial charge in [-0.15, -0.1) is 0 Å². The fraction of sp³-hybridized carbons (Fsp3) is 1.00. The van der Waals surface area contributed by atoms with Gasteiger partial charge in [-0.2, -0.15) is 0 Å². The molecule has 0 spiro atoms. The van der Waals surface area contributed by atoms with E-state index in [2.05, 4.69) is 0 Å². The molecule has 0 saturated heterocycles. The molecule has 5 heteroatoms. The van der Waals surface area contributed by atoms with Crippen molar-refractivity contribution in [1.29, 1.82) is 0 Å². The molecular formula is C8H19NO3S. The Hall–Kier alpha value is -0.130. The zero-order valence-electron chi connectivity index (χ0n) is 8.62. The molecule has 0 bridgehead atoms. The lowest BCUT2D eigenvalue weighted by Crippen LogP contribution is -2.32. The molecular weight excluding hydrogens is 190 g/mol. The Bertz CT molecular complexity index is 209. The maximum absolute atomic E-state index is 11.5. The Kier molecular flexibility index (Phi) is 6.28. The van der Waals surface area contributed by atoms with Crippen molar-refractivity contribution < 1.29 is 13.2 Å². The van der Waals surface area contributed by atoms with E-state index in [1.807, 2.05) is 13.8 Å². The first-order chi connectivity index (χ1) is 6.08. The zero-order valence-corrected chi connectivity index (χ0v) is 9.43. The standard InChI is InChI=1S/C8H19NO3S/c1-4-9(5-2)13(10,11)8-6-7-12-3/h4-8H2,1-3H3. The van der Waals surface area contributed by atoms with E-state index in [9.17, 15) is 8.42 Å². The van der Waals surface area contributed by atoms with Gasteiger partial charge in [0.15, 0.2) is 0 Å². The maximum atomic E-state index is 11.5. The van der Waals surface area contributed by atoms with Crippen LogP contribution in [0, 0.1) is 0 Å². The second-order valence-electron chi connectivity index (χ2n) is 2.75. The Balaban J connectivity index is 4.05. The highest BCUT2D eigenvalue weighted by atomic mass is 32.2. The highest BCUT2D eigenvalue weighted by Crippen LogP contribution is 2.02. The van der Waals surface area contributed by atoms with Crippen LogP contribution >= 0.6 is 0 Å². The number of ether oxygens (including phenoxy) is 1. The minimum Gasteiger partial charge on any atom is -0.385 e. The molecule has 0 aromatic heterocycles. The van der Waals surface area contributed by atoms with Crippen molar-refractivity contribution in [3.63, 3.8) is 0 Å². The van der Waals surface area contributed by atoms with Crippen LogP contribution in [0.1, 0.15) is 20.3 Å². The van der Waals surface area contributed by atoms with Gasteiger partial charge in [-0.05, 0) is 6.42 Å². The van der Waals surface area contributed by atoms with Gasteiger partial charge in [-0.25, -0.2) is 12.7 Å². The van der Waals surface area contributed by atoms with Crippen LogP contribution < -0.4 is 0 Å². The van der Waals surface area contributed by atoms with Crippen LogP contribution in [-0.4, -0.2) is 45.3 Å². The second-order valence-corrected chi connectivity index (χ2v) is 4.84. The van der Waals surface area contributed by atoms with Gasteiger partial charge in [0.1, 0.15) is 0 Å². The van der Waals surface area contributed by atoms with Gasteiger partial charge in [0.2, 0.25) is 10.0 Å². The average Bonchev–Trinajstić information content (AvgIpc) is 2.06. The quantitative estimate of drug-likeness (QED) is 0.580. The molecule has 0 radical (unpaired) electrons. The Morgan fingerprint density at radius 2 is 1.77 bits per heavy atom. The third kappa shape index (κ3) is 4.59. The van der Waals surface area contributed by atoms with Crippen molar-refractivity contribution in [1.82, 2.24) is 4.31 Å². The molecule has 0 aliphatic heterocycles. The highest BCUT2D eigenvalue weighted by Gasteiger charge is 2.17. The molecule has 0 aliphatic rings. The van der Waals surface area contributed by atoms with E-state index in [1.165, 1.54) is 4.31 Å². The van der Waals surface area contributed by atoms with Crippen LogP contribution in [0.4, 0.5) is 0 Å². The number of hydrogen-bond acceptors (Lipinski definition) is 3. The summed E-state index contributed by atoms with van der Waals surface area (Å²) >= 11 is 0. The number of methoxy groups -OCH3 is 1. The minimum absolute atomic E-state index is 0.183. The van der Waals surface area contributed by atoms with Gasteiger partial charge in [0, 0.05) is 26.8 Å². The van der Waals surface area contributed by atoms with Gasteiger partial charge >= 0.3 is 0 Å². The van der Waals surface area contributed by atoms with Gasteiger partial charge < -0.3 is 4.74 Å². The number of sulfonamides is 1. The molecule has 0 fully saturated rings. The monoisotopic (exact) mass is 209 g/mol. The van der Waals surface area contributed by atoms with Crippen molar-refractivity contribution in [3.8, 4) is 0 Å². The molecule has 0 rings (SSSR count). The highest BCUT2D eigenvalue weighted by molar-refractivity contribution is 7.89. The topological polar surface area (TPSA) is 46.6 Å². The van der Waals surface area contributed by atoms with Crippen molar-refractivity contribution in [2.45, 2.75) is 20.3 Å². The normalized spacial score (nSPS) is 12.3. The molecule has 0 amide bonds. The lowest BCUT2D eigenvalue weighted by atomic mass is 10.5. The van der Waals surface area contributed by atoms with E-state index in [0.29, 0.717) is 26.1 Å². The molecule has 4 nitrogen and oxygen atoms in total. The van der Waals surface area contributed by atoms with Crippen molar-refractivity contribution >= 4 is 10.0 Å². The van der Waals surface area contributed by atoms with E-state index in [1.54, 1.807) is 7.11 Å². The van der Waals surface area contributed by atoms with Crippen LogP contribution in [-0.2, 0) is 14.8 Å². The van der Waals surface area contributed by atoms with Crippen LogP contribution in [0.2, 0.25) is 0 Å². The molecule has 13 heavy (non-hydrogen) atoms. The molecule has 0 saturated carbocycles. The molecule has 0 aromatic carbocycles. The number of hydrogen-bond donors (Lipinski definition) is 0. The fourth-order valence-electron chi connectivity index (χ4n) is 1.13. The molecule has 0 aliphatic carbocycles. The third-order valence-corrected chi connectivity index (χ3v) is 3.96. The van der Waals surface area contributed by atoms with E-state index >= 15 is 0 Å². The van der Waals surface area contributed by atoms with E-state index in [0.717, 1.165) is 0 Å². The van der Waals surface area contributed by atoms with Gasteiger partial charge in [0.25, 0.3) is 0 Å². The predicted molar refractivity (Wildman–Crippen MR) is 53.2 cm³/mol. The predicted octanol–water partition coefficient (Wildman–Crippen LogP) is 0.694. The van der Waals surface area contributed by atoms with Gasteiger partial charge in [-0.3, -0.25) is 0 Å². The molecule has 80 valence electrons. The van der Waals surface area contributed by atoms with Crippen LogP contribution in [0.5, 0.6) is 0 Å². The summed E-state index contributed by atoms with van der Waals surface area (Å²) in [7, 11) is -1.47. The first-order valence-corrected chi connectivity index (χ1v) is 6.16. The van der Waals surface area contributed by atoms with Gasteiger partial charge in [0.05, 0.1) is 5.75 Å². The first-order valence-electron chi connectivity index (χ1n) is 4.55. The summed E-state index contributed by atoms with van der Waals surface area (Å²) in [6.45, 7) is 5.28. The summed E-state index contributed by atoms with van der Waals surface area (Å²) in [6.07, 6.45) is 0.565. The second kappa shape index (κ2) is 6.34. The van der Waals surface area contributed by atoms with Crippen LogP contribution in [0.15, 0.2) is 0 Å². The van der Waals surface area contributed by atoms with E-state index in [-0.39, 0.29) is 5.75 Å². The summed E-state index contributed by atoms with van der Waals surface area (Å²) in [5.41, 5.74) is 0. The molecule has 0 N–H and O–H groups in total. The van der Waals surface area contributed by atoms with Crippen LogP contribution in [0.3, 0.4) is 0 Å². The Morgan fingerprint density at radius 3 is 2.15 bits per heavy atom. The lowest BCUT2D eigenvalue weighted by Gasteiger charge is -2.17. The average molecular weight is 209 g/mol. The fourth-order valence-corrected chi connectivity index (χ4v) is 2.66. The minimum atomic E-state index is -3.04. The summed E-state index contributed by atoms with van der Waals surface area (Å²) in [4.78, 5) is 0. The summed E-state index contributed by atoms with van der Waals surface area (Å²) in [5.74, 6) is 0.183. The molecule has 0 heterocycles. The van der Waals surface area contributed by atoms with Gasteiger partial charge in [-0.1, -0.05) is 13.8 Å². The molecule has 0 unspecified atom stereocenters. The molecule has 0 atom stereocenters. The summed E-state index contributed by atoms with van der Waals surface area (Å²) in [6, 6.07) is 0. The van der Waals surface area contributed by atoms with Crippen molar-refractivity contribution in [2.75, 3.05) is 32.6 Å². The van der Waals surface area contributed by atoms with Crippen molar-refractivity contribution in [2.24, 2.45) is 0 Å². The summed E-state index contributed by atoms with van der Waals surface area (Å²) in [5, 5.41) is 0. The van der Waals surface area contributed by atoms with E-state index in [4.69, 9.17) is 4.74 Å². The Labute approximate surface area is 80.9 Å². The SMILES string of the molecule is CCN(CC)S(=O)(=O)CCCOC. The van der Waals surface area contributed by atoms with Crippen molar-refractivity contribution in [3.05, 3.63) is 0 Å². The van der Waals surface area contributed by atoms with Crippen LogP contribution in [0.25, 0.3) is 0 Å². The van der Waals surface area contributed by atoms with E-state index < -0.39 is 10.0 Å². The summed E-state index contributed by atoms with van der Waals surface area (Å²) < 4.78 is 29.4. The number of nitrogens with zero attached hydrogens (tertiary/aromatic N) is 1. The maximum Gasteiger partial charge on any atom is 0.214 e. The Morgan fingerprint density at radius 1 is 1.23 bits per heavy atom. The molecule has 0 aromatic rings.